The lowest BCUT2D eigenvalue weighted by Gasteiger charge is -2.47. The molecule has 2 heterocycles. The summed E-state index contributed by atoms with van der Waals surface area (Å²) in [4.78, 5) is 2.39. The normalized spacial score (nSPS) is 37.0. The highest BCUT2D eigenvalue weighted by atomic mass is 32.2. The largest absolute Gasteiger partial charge is 0.388 e. The lowest BCUT2D eigenvalue weighted by Crippen LogP contribution is -2.64. The van der Waals surface area contributed by atoms with E-state index in [9.17, 15) is 5.11 Å². The number of likely N-dealkylation sites (tertiary alicyclic amines) is 1. The van der Waals surface area contributed by atoms with Crippen molar-refractivity contribution in [3.05, 3.63) is 0 Å². The number of nitrogens with two attached hydrogens (primary N) is 1. The second-order valence-corrected chi connectivity index (χ2v) is 6.03. The third-order valence-electron chi connectivity index (χ3n) is 4.11. The molecule has 0 radical (unpaired) electrons. The predicted molar refractivity (Wildman–Crippen MR) is 65.2 cm³/mol. The maximum atomic E-state index is 10.7. The molecule has 2 fully saturated rings. The van der Waals surface area contributed by atoms with Crippen LogP contribution in [0.3, 0.4) is 0 Å². The van der Waals surface area contributed by atoms with Gasteiger partial charge in [0.15, 0.2) is 0 Å². The van der Waals surface area contributed by atoms with Gasteiger partial charge in [-0.15, -0.1) is 0 Å². The van der Waals surface area contributed by atoms with E-state index in [1.54, 1.807) is 0 Å². The van der Waals surface area contributed by atoms with Crippen LogP contribution in [0.5, 0.6) is 0 Å². The van der Waals surface area contributed by atoms with Crippen LogP contribution >= 0.6 is 11.8 Å². The highest BCUT2D eigenvalue weighted by Crippen LogP contribution is 2.40. The Kier molecular flexibility index (Phi) is 3.31. The van der Waals surface area contributed by atoms with E-state index in [4.69, 9.17) is 5.73 Å². The topological polar surface area (TPSA) is 49.5 Å². The molecule has 2 saturated heterocycles. The SMILES string of the molecule is CCN1CCC(O)(C2(N)CCSC2)CC1. The van der Waals surface area contributed by atoms with Gasteiger partial charge in [-0.05, 0) is 31.6 Å². The Morgan fingerprint density at radius 1 is 1.33 bits per heavy atom. The van der Waals surface area contributed by atoms with Crippen LogP contribution in [0.2, 0.25) is 0 Å². The summed E-state index contributed by atoms with van der Waals surface area (Å²) >= 11 is 1.88. The van der Waals surface area contributed by atoms with E-state index in [-0.39, 0.29) is 5.54 Å². The molecule has 1 atom stereocenters. The van der Waals surface area contributed by atoms with Crippen molar-refractivity contribution in [1.82, 2.24) is 4.90 Å². The summed E-state index contributed by atoms with van der Waals surface area (Å²) in [5.41, 5.74) is 5.43. The van der Waals surface area contributed by atoms with Gasteiger partial charge in [0.25, 0.3) is 0 Å². The minimum atomic E-state index is -0.609. The van der Waals surface area contributed by atoms with Gasteiger partial charge in [-0.3, -0.25) is 0 Å². The molecule has 3 nitrogen and oxygen atoms in total. The van der Waals surface area contributed by atoms with Crippen LogP contribution in [0.1, 0.15) is 26.2 Å². The molecule has 0 aromatic carbocycles. The molecule has 2 aliphatic rings. The van der Waals surface area contributed by atoms with E-state index in [0.29, 0.717) is 0 Å². The summed E-state index contributed by atoms with van der Waals surface area (Å²) in [7, 11) is 0. The van der Waals surface area contributed by atoms with Crippen molar-refractivity contribution in [2.24, 2.45) is 5.73 Å². The van der Waals surface area contributed by atoms with Crippen molar-refractivity contribution >= 4 is 11.8 Å². The molecule has 0 saturated carbocycles. The lowest BCUT2D eigenvalue weighted by molar-refractivity contribution is -0.0713. The number of piperidine rings is 1. The quantitative estimate of drug-likeness (QED) is 0.732. The molecule has 2 rings (SSSR count). The zero-order chi connectivity index (χ0) is 10.9. The van der Waals surface area contributed by atoms with Crippen LogP contribution in [-0.4, -0.2) is 52.3 Å². The van der Waals surface area contributed by atoms with Gasteiger partial charge in [0.2, 0.25) is 0 Å². The van der Waals surface area contributed by atoms with Crippen molar-refractivity contribution in [3.8, 4) is 0 Å². The summed E-state index contributed by atoms with van der Waals surface area (Å²) in [6.45, 7) is 5.25. The predicted octanol–water partition coefficient (Wildman–Crippen LogP) is 0.668. The second kappa shape index (κ2) is 4.24. The van der Waals surface area contributed by atoms with Gasteiger partial charge in [0.1, 0.15) is 0 Å². The Morgan fingerprint density at radius 3 is 2.47 bits per heavy atom. The molecule has 1 unspecified atom stereocenters. The molecule has 0 bridgehead atoms. The Morgan fingerprint density at radius 2 is 2.00 bits per heavy atom. The molecule has 0 amide bonds. The van der Waals surface area contributed by atoms with Gasteiger partial charge < -0.3 is 15.7 Å². The molecule has 0 spiro atoms. The summed E-state index contributed by atoms with van der Waals surface area (Å²) in [5.74, 6) is 2.03. The van der Waals surface area contributed by atoms with Crippen molar-refractivity contribution in [2.45, 2.75) is 37.3 Å². The van der Waals surface area contributed by atoms with Crippen LogP contribution < -0.4 is 5.73 Å². The number of aliphatic hydroxyl groups is 1. The number of hydrogen-bond donors (Lipinski definition) is 2. The van der Waals surface area contributed by atoms with E-state index in [2.05, 4.69) is 11.8 Å². The molecule has 0 aromatic heterocycles. The Balaban J connectivity index is 2.02. The summed E-state index contributed by atoms with van der Waals surface area (Å²) in [6.07, 6.45) is 2.66. The van der Waals surface area contributed by atoms with Crippen molar-refractivity contribution < 1.29 is 5.11 Å². The fraction of sp³-hybridized carbons (Fsp3) is 1.00. The second-order valence-electron chi connectivity index (χ2n) is 4.92. The number of nitrogens with zero attached hydrogens (tertiary/aromatic N) is 1. The molecule has 2 aliphatic heterocycles. The van der Waals surface area contributed by atoms with Crippen molar-refractivity contribution in [3.63, 3.8) is 0 Å². The third-order valence-corrected chi connectivity index (χ3v) is 5.32. The molecule has 0 aromatic rings. The molecule has 15 heavy (non-hydrogen) atoms. The highest BCUT2D eigenvalue weighted by Gasteiger charge is 2.50. The average Bonchev–Trinajstić information content (AvgIpc) is 2.68. The number of thioether (sulfide) groups is 1. The van der Waals surface area contributed by atoms with E-state index < -0.39 is 5.60 Å². The zero-order valence-corrected chi connectivity index (χ0v) is 10.4. The molecule has 4 heteroatoms. The molecule has 88 valence electrons. The minimum Gasteiger partial charge on any atom is -0.388 e. The van der Waals surface area contributed by atoms with Crippen LogP contribution in [-0.2, 0) is 0 Å². The first-order valence-corrected chi connectivity index (χ1v) is 7.06. The summed E-state index contributed by atoms with van der Waals surface area (Å²) in [5, 5.41) is 10.7. The van der Waals surface area contributed by atoms with E-state index in [0.717, 1.165) is 50.4 Å². The van der Waals surface area contributed by atoms with E-state index in [1.807, 2.05) is 11.8 Å². The van der Waals surface area contributed by atoms with Crippen molar-refractivity contribution in [2.75, 3.05) is 31.1 Å². The van der Waals surface area contributed by atoms with Gasteiger partial charge >= 0.3 is 0 Å². The molecule has 0 aliphatic carbocycles. The highest BCUT2D eigenvalue weighted by molar-refractivity contribution is 7.99. The molecular weight excluding hydrogens is 208 g/mol. The van der Waals surface area contributed by atoms with Gasteiger partial charge in [0.05, 0.1) is 11.1 Å². The fourth-order valence-corrected chi connectivity index (χ4v) is 4.12. The van der Waals surface area contributed by atoms with Crippen molar-refractivity contribution in [1.29, 1.82) is 0 Å². The maximum Gasteiger partial charge on any atom is 0.0859 e. The zero-order valence-electron chi connectivity index (χ0n) is 9.54. The molecule has 3 N–H and O–H groups in total. The first-order valence-electron chi connectivity index (χ1n) is 5.91. The van der Waals surface area contributed by atoms with Gasteiger partial charge in [-0.1, -0.05) is 6.92 Å². The Labute approximate surface area is 96.4 Å². The van der Waals surface area contributed by atoms with Gasteiger partial charge in [0, 0.05) is 18.8 Å². The number of hydrogen-bond acceptors (Lipinski definition) is 4. The van der Waals surface area contributed by atoms with Crippen LogP contribution in [0.25, 0.3) is 0 Å². The average molecular weight is 230 g/mol. The standard InChI is InChI=1S/C11H22N2OS/c1-2-13-6-3-11(14,4-7-13)10(12)5-8-15-9-10/h14H,2-9,12H2,1H3. The van der Waals surface area contributed by atoms with Crippen LogP contribution in [0, 0.1) is 0 Å². The first kappa shape index (κ1) is 11.7. The maximum absolute atomic E-state index is 10.7. The molecular formula is C11H22N2OS. The monoisotopic (exact) mass is 230 g/mol. The summed E-state index contributed by atoms with van der Waals surface area (Å²) in [6, 6.07) is 0. The Bertz CT molecular complexity index is 221. The lowest BCUT2D eigenvalue weighted by atomic mass is 9.73. The van der Waals surface area contributed by atoms with Crippen LogP contribution in [0.4, 0.5) is 0 Å². The number of rotatable bonds is 2. The smallest absolute Gasteiger partial charge is 0.0859 e. The third kappa shape index (κ3) is 2.05. The van der Waals surface area contributed by atoms with E-state index in [1.165, 1.54) is 0 Å². The van der Waals surface area contributed by atoms with Crippen LogP contribution in [0.15, 0.2) is 0 Å². The fourth-order valence-electron chi connectivity index (χ4n) is 2.68. The van der Waals surface area contributed by atoms with E-state index >= 15 is 0 Å². The Hall–Kier alpha value is 0.230. The van der Waals surface area contributed by atoms with Gasteiger partial charge in [-0.2, -0.15) is 11.8 Å². The minimum absolute atomic E-state index is 0.322. The first-order chi connectivity index (χ1) is 7.10. The van der Waals surface area contributed by atoms with Gasteiger partial charge in [-0.25, -0.2) is 0 Å². The summed E-state index contributed by atoms with van der Waals surface area (Å²) < 4.78 is 0.